The SMILES string of the molecule is COc1cc(C)nc(CNc2cc(F)cc(Cl)c2)c1. The lowest BCUT2D eigenvalue weighted by atomic mass is 10.2. The number of rotatable bonds is 4. The first kappa shape index (κ1) is 13.6. The van der Waals surface area contributed by atoms with Crippen molar-refractivity contribution in [3.05, 3.63) is 52.6 Å². The number of aromatic nitrogens is 1. The maximum absolute atomic E-state index is 13.2. The molecule has 2 rings (SSSR count). The van der Waals surface area contributed by atoms with Crippen molar-refractivity contribution in [2.45, 2.75) is 13.5 Å². The maximum atomic E-state index is 13.2. The highest BCUT2D eigenvalue weighted by atomic mass is 35.5. The molecule has 0 atom stereocenters. The molecule has 1 aromatic heterocycles. The quantitative estimate of drug-likeness (QED) is 0.925. The Hall–Kier alpha value is -1.81. The molecular weight excluding hydrogens is 267 g/mol. The molecule has 0 bridgehead atoms. The van der Waals surface area contributed by atoms with Gasteiger partial charge >= 0.3 is 0 Å². The van der Waals surface area contributed by atoms with Crippen molar-refractivity contribution in [2.75, 3.05) is 12.4 Å². The number of hydrogen-bond acceptors (Lipinski definition) is 3. The van der Waals surface area contributed by atoms with Gasteiger partial charge in [0.05, 0.1) is 19.3 Å². The summed E-state index contributed by atoms with van der Waals surface area (Å²) in [6.45, 7) is 2.36. The van der Waals surface area contributed by atoms with E-state index >= 15 is 0 Å². The first-order valence-corrected chi connectivity index (χ1v) is 6.16. The summed E-state index contributed by atoms with van der Waals surface area (Å²) in [5.74, 6) is 0.381. The standard InChI is InChI=1S/C14H14ClFN2O/c1-9-3-14(19-2)7-13(18-9)8-17-12-5-10(15)4-11(16)6-12/h3-7,17H,8H2,1-2H3. The molecule has 19 heavy (non-hydrogen) atoms. The number of nitrogens with one attached hydrogen (secondary N) is 1. The largest absolute Gasteiger partial charge is 0.497 e. The molecule has 0 radical (unpaired) electrons. The van der Waals surface area contributed by atoms with Gasteiger partial charge in [-0.15, -0.1) is 0 Å². The normalized spacial score (nSPS) is 10.3. The van der Waals surface area contributed by atoms with Crippen LogP contribution in [-0.2, 0) is 6.54 Å². The lowest BCUT2D eigenvalue weighted by Crippen LogP contribution is -2.03. The average Bonchev–Trinajstić information content (AvgIpc) is 2.34. The van der Waals surface area contributed by atoms with Crippen LogP contribution in [0.3, 0.4) is 0 Å². The monoisotopic (exact) mass is 280 g/mol. The molecule has 0 aliphatic carbocycles. The third kappa shape index (κ3) is 3.83. The van der Waals surface area contributed by atoms with Gasteiger partial charge in [-0.1, -0.05) is 11.6 Å². The molecule has 0 aliphatic rings. The van der Waals surface area contributed by atoms with Gasteiger partial charge in [-0.2, -0.15) is 0 Å². The number of aryl methyl sites for hydroxylation is 1. The van der Waals surface area contributed by atoms with Gasteiger partial charge in [0.1, 0.15) is 11.6 Å². The Morgan fingerprint density at radius 3 is 2.74 bits per heavy atom. The first-order valence-electron chi connectivity index (χ1n) is 5.78. The van der Waals surface area contributed by atoms with E-state index in [1.807, 2.05) is 19.1 Å². The predicted octanol–water partition coefficient (Wildman–Crippen LogP) is 3.80. The van der Waals surface area contributed by atoms with Crippen LogP contribution in [0.15, 0.2) is 30.3 Å². The van der Waals surface area contributed by atoms with E-state index in [2.05, 4.69) is 10.3 Å². The second-order valence-electron chi connectivity index (χ2n) is 4.15. The van der Waals surface area contributed by atoms with Crippen LogP contribution < -0.4 is 10.1 Å². The van der Waals surface area contributed by atoms with Crippen LogP contribution >= 0.6 is 11.6 Å². The van der Waals surface area contributed by atoms with Crippen LogP contribution in [-0.4, -0.2) is 12.1 Å². The summed E-state index contributed by atoms with van der Waals surface area (Å²) in [6, 6.07) is 8.00. The second kappa shape index (κ2) is 5.89. The molecule has 1 heterocycles. The van der Waals surface area contributed by atoms with Gasteiger partial charge in [0, 0.05) is 28.5 Å². The van der Waals surface area contributed by atoms with Crippen LogP contribution in [0.1, 0.15) is 11.4 Å². The number of methoxy groups -OCH3 is 1. The highest BCUT2D eigenvalue weighted by Crippen LogP contribution is 2.19. The summed E-state index contributed by atoms with van der Waals surface area (Å²) in [5.41, 5.74) is 2.30. The Labute approximate surface area is 116 Å². The molecule has 0 saturated heterocycles. The number of nitrogens with zero attached hydrogens (tertiary/aromatic N) is 1. The van der Waals surface area contributed by atoms with E-state index in [1.165, 1.54) is 12.1 Å². The third-order valence-corrected chi connectivity index (χ3v) is 2.77. The molecule has 0 amide bonds. The predicted molar refractivity (Wildman–Crippen MR) is 74.3 cm³/mol. The molecule has 2 aromatic rings. The van der Waals surface area contributed by atoms with Crippen LogP contribution in [0.5, 0.6) is 5.75 Å². The van der Waals surface area contributed by atoms with Gasteiger partial charge in [-0.25, -0.2) is 4.39 Å². The number of ether oxygens (including phenoxy) is 1. The minimum Gasteiger partial charge on any atom is -0.497 e. The molecule has 0 aliphatic heterocycles. The number of halogens is 2. The van der Waals surface area contributed by atoms with Crippen molar-refractivity contribution in [1.82, 2.24) is 4.98 Å². The van der Waals surface area contributed by atoms with Gasteiger partial charge in [-0.05, 0) is 25.1 Å². The average molecular weight is 281 g/mol. The zero-order valence-corrected chi connectivity index (χ0v) is 11.5. The first-order chi connectivity index (χ1) is 9.06. The summed E-state index contributed by atoms with van der Waals surface area (Å²) in [6.07, 6.45) is 0. The lowest BCUT2D eigenvalue weighted by Gasteiger charge is -2.09. The van der Waals surface area contributed by atoms with E-state index in [9.17, 15) is 4.39 Å². The summed E-state index contributed by atoms with van der Waals surface area (Å²) in [5, 5.41) is 3.44. The van der Waals surface area contributed by atoms with Crippen LogP contribution in [0.25, 0.3) is 0 Å². The van der Waals surface area contributed by atoms with Crippen molar-refractivity contribution in [1.29, 1.82) is 0 Å². The number of pyridine rings is 1. The van der Waals surface area contributed by atoms with Crippen molar-refractivity contribution in [3.8, 4) is 5.75 Å². The summed E-state index contributed by atoms with van der Waals surface area (Å²) in [7, 11) is 1.61. The highest BCUT2D eigenvalue weighted by molar-refractivity contribution is 6.30. The Morgan fingerprint density at radius 1 is 1.26 bits per heavy atom. The number of benzene rings is 1. The molecule has 0 spiro atoms. The van der Waals surface area contributed by atoms with E-state index in [-0.39, 0.29) is 5.82 Å². The van der Waals surface area contributed by atoms with Crippen LogP contribution in [0, 0.1) is 12.7 Å². The molecule has 1 aromatic carbocycles. The van der Waals surface area contributed by atoms with Gasteiger partial charge in [-0.3, -0.25) is 4.98 Å². The fraction of sp³-hybridized carbons (Fsp3) is 0.214. The summed E-state index contributed by atoms with van der Waals surface area (Å²) >= 11 is 5.79. The molecule has 3 nitrogen and oxygen atoms in total. The topological polar surface area (TPSA) is 34.1 Å². The number of hydrogen-bond donors (Lipinski definition) is 1. The Bertz CT molecular complexity index is 569. The van der Waals surface area contributed by atoms with Crippen molar-refractivity contribution in [2.24, 2.45) is 0 Å². The van der Waals surface area contributed by atoms with E-state index in [1.54, 1.807) is 13.2 Å². The number of anilines is 1. The van der Waals surface area contributed by atoms with Crippen LogP contribution in [0.4, 0.5) is 10.1 Å². The van der Waals surface area contributed by atoms with Gasteiger partial charge < -0.3 is 10.1 Å². The fourth-order valence-electron chi connectivity index (χ4n) is 1.76. The summed E-state index contributed by atoms with van der Waals surface area (Å²) in [4.78, 5) is 4.37. The van der Waals surface area contributed by atoms with Crippen molar-refractivity contribution < 1.29 is 9.13 Å². The summed E-state index contributed by atoms with van der Waals surface area (Å²) < 4.78 is 18.4. The molecule has 5 heteroatoms. The zero-order valence-electron chi connectivity index (χ0n) is 10.7. The third-order valence-electron chi connectivity index (χ3n) is 2.55. The minimum atomic E-state index is -0.371. The van der Waals surface area contributed by atoms with Gasteiger partial charge in [0.15, 0.2) is 0 Å². The molecule has 0 unspecified atom stereocenters. The van der Waals surface area contributed by atoms with Gasteiger partial charge in [0.2, 0.25) is 0 Å². The molecular formula is C14H14ClFN2O. The molecule has 0 saturated carbocycles. The smallest absolute Gasteiger partial charge is 0.126 e. The Morgan fingerprint density at radius 2 is 2.05 bits per heavy atom. The maximum Gasteiger partial charge on any atom is 0.126 e. The highest BCUT2D eigenvalue weighted by Gasteiger charge is 2.02. The van der Waals surface area contributed by atoms with E-state index < -0.39 is 0 Å². The van der Waals surface area contributed by atoms with E-state index in [0.29, 0.717) is 17.3 Å². The van der Waals surface area contributed by atoms with Crippen molar-refractivity contribution in [3.63, 3.8) is 0 Å². The van der Waals surface area contributed by atoms with E-state index in [4.69, 9.17) is 16.3 Å². The Balaban J connectivity index is 2.11. The lowest BCUT2D eigenvalue weighted by molar-refractivity contribution is 0.413. The minimum absolute atomic E-state index is 0.359. The second-order valence-corrected chi connectivity index (χ2v) is 4.59. The van der Waals surface area contributed by atoms with E-state index in [0.717, 1.165) is 17.1 Å². The molecule has 0 fully saturated rings. The van der Waals surface area contributed by atoms with Crippen molar-refractivity contribution >= 4 is 17.3 Å². The van der Waals surface area contributed by atoms with Crippen LogP contribution in [0.2, 0.25) is 5.02 Å². The van der Waals surface area contributed by atoms with Gasteiger partial charge in [0.25, 0.3) is 0 Å². The zero-order chi connectivity index (χ0) is 13.8. The Kier molecular flexibility index (Phi) is 4.22. The molecule has 100 valence electrons. The molecule has 1 N–H and O–H groups in total. The fourth-order valence-corrected chi connectivity index (χ4v) is 1.98.